The quantitative estimate of drug-likeness (QED) is 0.446. The van der Waals surface area contributed by atoms with E-state index in [2.05, 4.69) is 4.98 Å². The van der Waals surface area contributed by atoms with Crippen molar-refractivity contribution < 1.29 is 22.3 Å². The van der Waals surface area contributed by atoms with Crippen molar-refractivity contribution in [3.63, 3.8) is 0 Å². The van der Waals surface area contributed by atoms with Crippen molar-refractivity contribution in [2.75, 3.05) is 18.0 Å². The predicted octanol–water partition coefficient (Wildman–Crippen LogP) is 4.71. The number of halogens is 2. The van der Waals surface area contributed by atoms with Gasteiger partial charge >= 0.3 is 5.97 Å². The van der Waals surface area contributed by atoms with Crippen LogP contribution in [0, 0.1) is 11.2 Å². The third-order valence-corrected chi connectivity index (χ3v) is 9.23. The molecule has 176 valence electrons. The van der Waals surface area contributed by atoms with Crippen LogP contribution in [0.15, 0.2) is 42.5 Å². The van der Waals surface area contributed by atoms with Gasteiger partial charge in [0.15, 0.2) is 5.69 Å². The van der Waals surface area contributed by atoms with E-state index in [-0.39, 0.29) is 23.1 Å². The molecule has 1 aliphatic carbocycles. The minimum atomic E-state index is -3.87. The van der Waals surface area contributed by atoms with Gasteiger partial charge in [-0.15, -0.1) is 0 Å². The monoisotopic (exact) mass is 492 g/mol. The largest absolute Gasteiger partial charge is 0.464 e. The summed E-state index contributed by atoms with van der Waals surface area (Å²) in [5, 5.41) is 0.0615. The van der Waals surface area contributed by atoms with Gasteiger partial charge in [-0.3, -0.25) is 4.31 Å². The van der Waals surface area contributed by atoms with E-state index in [1.54, 1.807) is 31.2 Å². The Kier molecular flexibility index (Phi) is 6.03. The first-order valence-corrected chi connectivity index (χ1v) is 12.5. The van der Waals surface area contributed by atoms with Crippen LogP contribution in [0.2, 0.25) is 5.02 Å². The van der Waals surface area contributed by atoms with E-state index in [4.69, 9.17) is 16.3 Å². The number of hydrogen-bond acceptors (Lipinski definition) is 5. The molecule has 2 aromatic rings. The third kappa shape index (κ3) is 4.26. The van der Waals surface area contributed by atoms with Crippen molar-refractivity contribution in [3.05, 3.63) is 70.1 Å². The topological polar surface area (TPSA) is 76.6 Å². The number of allylic oxidation sites excluding steroid dienone is 1. The zero-order valence-corrected chi connectivity index (χ0v) is 20.3. The molecule has 33 heavy (non-hydrogen) atoms. The molecular weight excluding hydrogens is 467 g/mol. The summed E-state index contributed by atoms with van der Waals surface area (Å²) in [4.78, 5) is 16.3. The molecular formula is C24H26ClFN2O4S. The summed E-state index contributed by atoms with van der Waals surface area (Å²) in [6.07, 6.45) is 5.69. The average Bonchev–Trinajstić information content (AvgIpc) is 3.19. The fourth-order valence-corrected chi connectivity index (χ4v) is 7.08. The Balaban J connectivity index is 1.64. The summed E-state index contributed by atoms with van der Waals surface area (Å²) in [5.74, 6) is -0.825. The van der Waals surface area contributed by atoms with E-state index in [0.29, 0.717) is 25.7 Å². The number of carbonyl (C=O) groups excluding carboxylic acids is 1. The third-order valence-electron chi connectivity index (χ3n) is 6.52. The normalized spacial score (nSPS) is 24.6. The first kappa shape index (κ1) is 23.7. The summed E-state index contributed by atoms with van der Waals surface area (Å²) in [5.41, 5.74) is 1.21. The van der Waals surface area contributed by atoms with Gasteiger partial charge < -0.3 is 4.74 Å². The van der Waals surface area contributed by atoms with E-state index in [9.17, 15) is 17.6 Å². The zero-order chi connectivity index (χ0) is 24.0. The molecule has 2 unspecified atom stereocenters. The number of anilines is 1. The molecule has 2 atom stereocenters. The van der Waals surface area contributed by atoms with Crippen molar-refractivity contribution in [1.29, 1.82) is 0 Å². The molecule has 0 fully saturated rings. The average molecular weight is 493 g/mol. The minimum absolute atomic E-state index is 0.0615. The molecule has 2 heterocycles. The number of aromatic nitrogens is 1. The molecule has 0 radical (unpaired) electrons. The molecule has 6 nitrogen and oxygen atoms in total. The minimum Gasteiger partial charge on any atom is -0.464 e. The van der Waals surface area contributed by atoms with Crippen LogP contribution in [-0.2, 0) is 27.6 Å². The number of sulfonamides is 1. The SMILES string of the molecule is COC(=O)c1ccc2c(n1)N(S(=O)(=O)C1(C)C=CCC(C)(Cc3ccc(Cl)c(F)c3)C1)CC2. The molecule has 2 aliphatic rings. The van der Waals surface area contributed by atoms with E-state index >= 15 is 0 Å². The Labute approximate surface area is 198 Å². The van der Waals surface area contributed by atoms with E-state index in [1.165, 1.54) is 23.5 Å². The van der Waals surface area contributed by atoms with Crippen LogP contribution < -0.4 is 4.31 Å². The van der Waals surface area contributed by atoms with Gasteiger partial charge in [-0.1, -0.05) is 42.8 Å². The smallest absolute Gasteiger partial charge is 0.356 e. The maximum Gasteiger partial charge on any atom is 0.356 e. The van der Waals surface area contributed by atoms with Crippen LogP contribution in [0.3, 0.4) is 0 Å². The first-order valence-electron chi connectivity index (χ1n) is 10.7. The fourth-order valence-electron chi connectivity index (χ4n) is 4.95. The highest BCUT2D eigenvalue weighted by molar-refractivity contribution is 7.94. The number of rotatable bonds is 5. The predicted molar refractivity (Wildman–Crippen MR) is 126 cm³/mol. The lowest BCUT2D eigenvalue weighted by Gasteiger charge is -2.42. The van der Waals surface area contributed by atoms with Gasteiger partial charge in [-0.2, -0.15) is 0 Å². The second kappa shape index (κ2) is 8.40. The number of ether oxygens (including phenoxy) is 1. The maximum absolute atomic E-state index is 14.0. The number of fused-ring (bicyclic) bond motifs is 1. The molecule has 9 heteroatoms. The zero-order valence-electron chi connectivity index (χ0n) is 18.8. The second-order valence-electron chi connectivity index (χ2n) is 9.33. The molecule has 0 saturated carbocycles. The summed E-state index contributed by atoms with van der Waals surface area (Å²) in [7, 11) is -2.61. The molecule has 0 spiro atoms. The number of benzene rings is 1. The molecule has 1 aliphatic heterocycles. The summed E-state index contributed by atoms with van der Waals surface area (Å²) < 4.78 is 46.6. The summed E-state index contributed by atoms with van der Waals surface area (Å²) in [6, 6.07) is 7.98. The molecule has 0 amide bonds. The highest BCUT2D eigenvalue weighted by atomic mass is 35.5. The highest BCUT2D eigenvalue weighted by Gasteiger charge is 2.49. The van der Waals surface area contributed by atoms with Crippen LogP contribution >= 0.6 is 11.6 Å². The van der Waals surface area contributed by atoms with Gasteiger partial charge in [0, 0.05) is 6.54 Å². The number of hydrogen-bond donors (Lipinski definition) is 0. The van der Waals surface area contributed by atoms with Gasteiger partial charge in [0.1, 0.15) is 16.4 Å². The molecule has 1 aromatic heterocycles. The summed E-state index contributed by atoms with van der Waals surface area (Å²) >= 11 is 5.81. The Morgan fingerprint density at radius 3 is 2.73 bits per heavy atom. The molecule has 0 N–H and O–H groups in total. The van der Waals surface area contributed by atoms with Crippen LogP contribution in [0.25, 0.3) is 0 Å². The number of nitrogens with zero attached hydrogens (tertiary/aromatic N) is 2. The standard InChI is InChI=1S/C24H26ClFN2O4S/c1-23(14-16-5-7-18(25)19(26)13-16)10-4-11-24(2,15-23)33(30,31)28-12-9-17-6-8-20(22(29)32-3)27-21(17)28/h4-8,11,13H,9-10,12,14-15H2,1-3H3. The van der Waals surface area contributed by atoms with Crippen molar-refractivity contribution in [2.45, 2.75) is 44.3 Å². The lowest BCUT2D eigenvalue weighted by atomic mass is 9.71. The second-order valence-corrected chi connectivity index (χ2v) is 12.1. The Hall–Kier alpha value is -2.45. The van der Waals surface area contributed by atoms with Crippen LogP contribution in [0.1, 0.15) is 48.3 Å². The number of methoxy groups -OCH3 is 1. The molecule has 0 bridgehead atoms. The number of carbonyl (C=O) groups is 1. The van der Waals surface area contributed by atoms with Gasteiger partial charge in [-0.25, -0.2) is 22.6 Å². The Morgan fingerprint density at radius 2 is 2.03 bits per heavy atom. The van der Waals surface area contributed by atoms with Crippen molar-refractivity contribution in [3.8, 4) is 0 Å². The van der Waals surface area contributed by atoms with Gasteiger partial charge in [0.25, 0.3) is 0 Å². The van der Waals surface area contributed by atoms with Crippen molar-refractivity contribution in [1.82, 2.24) is 4.98 Å². The first-order chi connectivity index (χ1) is 15.5. The van der Waals surface area contributed by atoms with Crippen LogP contribution in [0.5, 0.6) is 0 Å². The van der Waals surface area contributed by atoms with Gasteiger partial charge in [-0.05, 0) is 67.3 Å². The molecule has 1 aromatic carbocycles. The summed E-state index contributed by atoms with van der Waals surface area (Å²) in [6.45, 7) is 3.99. The molecule has 4 rings (SSSR count). The van der Waals surface area contributed by atoms with E-state index < -0.39 is 32.0 Å². The highest BCUT2D eigenvalue weighted by Crippen LogP contribution is 2.46. The maximum atomic E-state index is 14.0. The lowest BCUT2D eigenvalue weighted by molar-refractivity contribution is 0.0594. The number of esters is 1. The van der Waals surface area contributed by atoms with Gasteiger partial charge in [0.2, 0.25) is 10.0 Å². The van der Waals surface area contributed by atoms with Crippen LogP contribution in [-0.4, -0.2) is 37.8 Å². The Morgan fingerprint density at radius 1 is 1.27 bits per heavy atom. The number of pyridine rings is 1. The van der Waals surface area contributed by atoms with Crippen molar-refractivity contribution in [2.24, 2.45) is 5.41 Å². The van der Waals surface area contributed by atoms with Gasteiger partial charge in [0.05, 0.1) is 12.1 Å². The van der Waals surface area contributed by atoms with Crippen molar-refractivity contribution >= 4 is 33.4 Å². The fraction of sp³-hybridized carbons (Fsp3) is 0.417. The van der Waals surface area contributed by atoms with Crippen LogP contribution in [0.4, 0.5) is 10.2 Å². The van der Waals surface area contributed by atoms with E-state index in [1.807, 2.05) is 13.0 Å². The van der Waals surface area contributed by atoms with E-state index in [0.717, 1.165) is 11.1 Å². The Bertz CT molecular complexity index is 1250. The lowest BCUT2D eigenvalue weighted by Crippen LogP contribution is -2.49. The molecule has 0 saturated heterocycles.